The molecular formula is C19H20ClF2N3O. The highest BCUT2D eigenvalue weighted by atomic mass is 35.5. The predicted octanol–water partition coefficient (Wildman–Crippen LogP) is 4.01. The molecule has 4 nitrogen and oxygen atoms in total. The molecule has 3 rings (SSSR count). The molecule has 1 aliphatic heterocycles. The summed E-state index contributed by atoms with van der Waals surface area (Å²) in [6, 6.07) is 9.06. The summed E-state index contributed by atoms with van der Waals surface area (Å²) in [5, 5.41) is 2.64. The molecular weight excluding hydrogens is 360 g/mol. The van der Waals surface area contributed by atoms with Gasteiger partial charge in [0, 0.05) is 26.2 Å². The molecule has 26 heavy (non-hydrogen) atoms. The van der Waals surface area contributed by atoms with Gasteiger partial charge in [-0.05, 0) is 30.8 Å². The number of rotatable bonds is 4. The number of piperazine rings is 1. The number of nitrogens with zero attached hydrogens (tertiary/aromatic N) is 2. The molecule has 1 saturated heterocycles. The van der Waals surface area contributed by atoms with Crippen molar-refractivity contribution in [2.45, 2.75) is 6.92 Å². The Morgan fingerprint density at radius 3 is 2.46 bits per heavy atom. The average molecular weight is 380 g/mol. The number of carbonyl (C=O) groups excluding carboxylic acids is 1. The molecule has 7 heteroatoms. The number of para-hydroxylation sites is 2. The Hall–Kier alpha value is -2.18. The van der Waals surface area contributed by atoms with Crippen LogP contribution in [0, 0.1) is 11.6 Å². The van der Waals surface area contributed by atoms with Crippen LogP contribution in [-0.2, 0) is 0 Å². The van der Waals surface area contributed by atoms with Gasteiger partial charge in [0.1, 0.15) is 0 Å². The first kappa shape index (κ1) is 18.6. The minimum atomic E-state index is -1.11. The highest BCUT2D eigenvalue weighted by Crippen LogP contribution is 2.28. The van der Waals surface area contributed by atoms with Crippen molar-refractivity contribution in [1.29, 1.82) is 0 Å². The number of amides is 1. The van der Waals surface area contributed by atoms with Crippen LogP contribution in [0.25, 0.3) is 0 Å². The van der Waals surface area contributed by atoms with E-state index >= 15 is 0 Å². The minimum Gasteiger partial charge on any atom is -0.367 e. The van der Waals surface area contributed by atoms with Gasteiger partial charge in [-0.3, -0.25) is 4.79 Å². The van der Waals surface area contributed by atoms with E-state index in [1.807, 2.05) is 18.2 Å². The average Bonchev–Trinajstić information content (AvgIpc) is 2.65. The smallest absolute Gasteiger partial charge is 0.257 e. The summed E-state index contributed by atoms with van der Waals surface area (Å²) in [6.45, 7) is 6.76. The monoisotopic (exact) mass is 379 g/mol. The van der Waals surface area contributed by atoms with E-state index in [-0.39, 0.29) is 10.6 Å². The molecule has 0 unspecified atom stereocenters. The number of halogens is 3. The van der Waals surface area contributed by atoms with E-state index in [9.17, 15) is 13.6 Å². The van der Waals surface area contributed by atoms with Crippen molar-refractivity contribution in [1.82, 2.24) is 4.90 Å². The van der Waals surface area contributed by atoms with E-state index in [1.165, 1.54) is 0 Å². The Balaban J connectivity index is 1.81. The Morgan fingerprint density at radius 1 is 1.12 bits per heavy atom. The molecule has 0 aromatic heterocycles. The Morgan fingerprint density at radius 2 is 1.77 bits per heavy atom. The number of hydrogen-bond acceptors (Lipinski definition) is 3. The second kappa shape index (κ2) is 8.01. The zero-order chi connectivity index (χ0) is 18.7. The van der Waals surface area contributed by atoms with Gasteiger partial charge < -0.3 is 15.1 Å². The fraction of sp³-hybridized carbons (Fsp3) is 0.316. The van der Waals surface area contributed by atoms with Crippen LogP contribution in [0.1, 0.15) is 17.3 Å². The lowest BCUT2D eigenvalue weighted by Crippen LogP contribution is -2.46. The van der Waals surface area contributed by atoms with E-state index in [4.69, 9.17) is 11.6 Å². The highest BCUT2D eigenvalue weighted by molar-refractivity contribution is 6.34. The first-order valence-corrected chi connectivity index (χ1v) is 8.89. The van der Waals surface area contributed by atoms with Gasteiger partial charge >= 0.3 is 0 Å². The third-order valence-electron chi connectivity index (χ3n) is 4.57. The Bertz CT molecular complexity index is 807. The van der Waals surface area contributed by atoms with Crippen LogP contribution < -0.4 is 10.2 Å². The quantitative estimate of drug-likeness (QED) is 0.815. The summed E-state index contributed by atoms with van der Waals surface area (Å²) in [5.74, 6) is -2.77. The van der Waals surface area contributed by atoms with Gasteiger partial charge in [0.2, 0.25) is 0 Å². The van der Waals surface area contributed by atoms with Gasteiger partial charge in [0.25, 0.3) is 5.91 Å². The Kier molecular flexibility index (Phi) is 5.74. The number of hydrogen-bond donors (Lipinski definition) is 1. The van der Waals surface area contributed by atoms with E-state index in [1.54, 1.807) is 6.07 Å². The van der Waals surface area contributed by atoms with Crippen molar-refractivity contribution in [3.05, 3.63) is 58.6 Å². The SMILES string of the molecule is CCN1CCN(c2ccccc2NC(=O)c2cc(F)c(F)cc2Cl)CC1. The highest BCUT2D eigenvalue weighted by Gasteiger charge is 2.20. The normalized spacial score (nSPS) is 15.2. The number of benzene rings is 2. The summed E-state index contributed by atoms with van der Waals surface area (Å²) in [7, 11) is 0. The standard InChI is InChI=1S/C19H20ClF2N3O/c1-2-24-7-9-25(10-8-24)18-6-4-3-5-17(18)23-19(26)13-11-15(21)16(22)12-14(13)20/h3-6,11-12H,2,7-10H2,1H3,(H,23,26). The second-order valence-corrected chi connectivity index (χ2v) is 6.55. The molecule has 0 spiro atoms. The van der Waals surface area contributed by atoms with Crippen molar-refractivity contribution < 1.29 is 13.6 Å². The van der Waals surface area contributed by atoms with E-state index < -0.39 is 17.5 Å². The van der Waals surface area contributed by atoms with Crippen LogP contribution in [0.3, 0.4) is 0 Å². The molecule has 0 aliphatic carbocycles. The van der Waals surface area contributed by atoms with Gasteiger partial charge in [0.15, 0.2) is 11.6 Å². The van der Waals surface area contributed by atoms with Crippen LogP contribution in [0.2, 0.25) is 5.02 Å². The Labute approximate surface area is 156 Å². The van der Waals surface area contributed by atoms with Crippen molar-refractivity contribution in [2.24, 2.45) is 0 Å². The topological polar surface area (TPSA) is 35.6 Å². The van der Waals surface area contributed by atoms with E-state index in [2.05, 4.69) is 22.0 Å². The maximum atomic E-state index is 13.5. The van der Waals surface area contributed by atoms with Crippen LogP contribution in [-0.4, -0.2) is 43.5 Å². The predicted molar refractivity (Wildman–Crippen MR) is 100 cm³/mol. The van der Waals surface area contributed by atoms with E-state index in [0.29, 0.717) is 5.69 Å². The summed E-state index contributed by atoms with van der Waals surface area (Å²) >= 11 is 5.90. The number of likely N-dealkylation sites (N-methyl/N-ethyl adjacent to an activating group) is 1. The molecule has 1 fully saturated rings. The lowest BCUT2D eigenvalue weighted by molar-refractivity contribution is 0.102. The lowest BCUT2D eigenvalue weighted by Gasteiger charge is -2.36. The molecule has 138 valence electrons. The molecule has 0 radical (unpaired) electrons. The summed E-state index contributed by atoms with van der Waals surface area (Å²) in [6.07, 6.45) is 0. The molecule has 0 bridgehead atoms. The van der Waals surface area contributed by atoms with Crippen molar-refractivity contribution in [2.75, 3.05) is 42.9 Å². The molecule has 1 amide bonds. The van der Waals surface area contributed by atoms with Crippen LogP contribution in [0.5, 0.6) is 0 Å². The molecule has 0 atom stereocenters. The maximum Gasteiger partial charge on any atom is 0.257 e. The summed E-state index contributed by atoms with van der Waals surface area (Å²) < 4.78 is 26.7. The molecule has 1 aliphatic rings. The van der Waals surface area contributed by atoms with Gasteiger partial charge in [0.05, 0.1) is 22.0 Å². The summed E-state index contributed by atoms with van der Waals surface area (Å²) in [4.78, 5) is 17.1. The number of carbonyl (C=O) groups is 1. The van der Waals surface area contributed by atoms with Crippen LogP contribution in [0.4, 0.5) is 20.2 Å². The number of nitrogens with one attached hydrogen (secondary N) is 1. The first-order chi connectivity index (χ1) is 12.5. The maximum absolute atomic E-state index is 13.5. The molecule has 1 N–H and O–H groups in total. The summed E-state index contributed by atoms with van der Waals surface area (Å²) in [5.41, 5.74) is 1.41. The minimum absolute atomic E-state index is 0.101. The van der Waals surface area contributed by atoms with Gasteiger partial charge in [-0.25, -0.2) is 8.78 Å². The largest absolute Gasteiger partial charge is 0.367 e. The van der Waals surface area contributed by atoms with Crippen molar-refractivity contribution >= 4 is 28.9 Å². The fourth-order valence-corrected chi connectivity index (χ4v) is 3.28. The zero-order valence-corrected chi connectivity index (χ0v) is 15.2. The van der Waals surface area contributed by atoms with Crippen molar-refractivity contribution in [3.63, 3.8) is 0 Å². The van der Waals surface area contributed by atoms with Gasteiger partial charge in [-0.15, -0.1) is 0 Å². The van der Waals surface area contributed by atoms with E-state index in [0.717, 1.165) is 50.5 Å². The fourth-order valence-electron chi connectivity index (χ4n) is 3.05. The molecule has 2 aromatic rings. The first-order valence-electron chi connectivity index (χ1n) is 8.51. The third kappa shape index (κ3) is 3.97. The lowest BCUT2D eigenvalue weighted by atomic mass is 10.1. The molecule has 0 saturated carbocycles. The van der Waals surface area contributed by atoms with Crippen LogP contribution in [0.15, 0.2) is 36.4 Å². The molecule has 2 aromatic carbocycles. The molecule has 1 heterocycles. The van der Waals surface area contributed by atoms with Gasteiger partial charge in [-0.2, -0.15) is 0 Å². The van der Waals surface area contributed by atoms with Crippen LogP contribution >= 0.6 is 11.6 Å². The third-order valence-corrected chi connectivity index (χ3v) is 4.88. The zero-order valence-electron chi connectivity index (χ0n) is 14.4. The van der Waals surface area contributed by atoms with Crippen molar-refractivity contribution in [3.8, 4) is 0 Å². The van der Waals surface area contributed by atoms with Gasteiger partial charge in [-0.1, -0.05) is 30.7 Å². The number of anilines is 2. The second-order valence-electron chi connectivity index (χ2n) is 6.14.